The van der Waals surface area contributed by atoms with Gasteiger partial charge in [-0.05, 0) is 24.7 Å². The highest BCUT2D eigenvalue weighted by Crippen LogP contribution is 1.82. The van der Waals surface area contributed by atoms with E-state index in [1.165, 1.54) is 0 Å². The SMILES string of the molecule is CO/C=C/CCN=C=S. The first-order valence-electron chi connectivity index (χ1n) is 2.63. The highest BCUT2D eigenvalue weighted by atomic mass is 32.1. The standard InChI is InChI=1S/C6H9NOS/c1-8-5-3-2-4-7-6-9/h3,5H,2,4H2,1H3/b5-3+. The zero-order chi connectivity index (χ0) is 6.95. The van der Waals surface area contributed by atoms with E-state index >= 15 is 0 Å². The van der Waals surface area contributed by atoms with E-state index in [1.54, 1.807) is 13.4 Å². The van der Waals surface area contributed by atoms with Crippen molar-refractivity contribution in [2.24, 2.45) is 4.99 Å². The van der Waals surface area contributed by atoms with Gasteiger partial charge in [-0.1, -0.05) is 0 Å². The van der Waals surface area contributed by atoms with Gasteiger partial charge in [-0.3, -0.25) is 0 Å². The topological polar surface area (TPSA) is 21.6 Å². The molecule has 0 radical (unpaired) electrons. The van der Waals surface area contributed by atoms with Crippen LogP contribution in [0.1, 0.15) is 6.42 Å². The minimum atomic E-state index is 0.698. The zero-order valence-corrected chi connectivity index (χ0v) is 6.15. The molecule has 0 saturated heterocycles. The van der Waals surface area contributed by atoms with Crippen LogP contribution >= 0.6 is 12.2 Å². The summed E-state index contributed by atoms with van der Waals surface area (Å²) in [4.78, 5) is 3.70. The van der Waals surface area contributed by atoms with Crippen molar-refractivity contribution < 1.29 is 4.74 Å². The Hall–Kier alpha value is -0.660. The minimum absolute atomic E-state index is 0.698. The summed E-state index contributed by atoms with van der Waals surface area (Å²) in [5.74, 6) is 0. The molecule has 9 heavy (non-hydrogen) atoms. The second-order valence-corrected chi connectivity index (χ2v) is 1.55. The van der Waals surface area contributed by atoms with Gasteiger partial charge < -0.3 is 4.74 Å². The first-order chi connectivity index (χ1) is 4.41. The van der Waals surface area contributed by atoms with Crippen molar-refractivity contribution >= 4 is 17.4 Å². The van der Waals surface area contributed by atoms with E-state index in [4.69, 9.17) is 0 Å². The lowest BCUT2D eigenvalue weighted by atomic mass is 10.4. The fraction of sp³-hybridized carbons (Fsp3) is 0.500. The Morgan fingerprint density at radius 3 is 3.11 bits per heavy atom. The molecule has 0 amide bonds. The molecule has 0 spiro atoms. The molecule has 0 fully saturated rings. The molecule has 0 heterocycles. The molecule has 50 valence electrons. The molecule has 0 aromatic carbocycles. The van der Waals surface area contributed by atoms with Crippen molar-refractivity contribution in [3.63, 3.8) is 0 Å². The number of ether oxygens (including phenoxy) is 1. The Morgan fingerprint density at radius 2 is 2.56 bits per heavy atom. The van der Waals surface area contributed by atoms with Gasteiger partial charge in [-0.2, -0.15) is 0 Å². The van der Waals surface area contributed by atoms with Crippen LogP contribution in [0.4, 0.5) is 0 Å². The van der Waals surface area contributed by atoms with Crippen LogP contribution in [0.5, 0.6) is 0 Å². The summed E-state index contributed by atoms with van der Waals surface area (Å²) >= 11 is 4.36. The third-order valence-electron chi connectivity index (χ3n) is 0.704. The predicted octanol–water partition coefficient (Wildman–Crippen LogP) is 1.64. The number of hydrogen-bond acceptors (Lipinski definition) is 3. The average molecular weight is 143 g/mol. The average Bonchev–Trinajstić information content (AvgIpc) is 1.89. The van der Waals surface area contributed by atoms with Crippen LogP contribution in [0.25, 0.3) is 0 Å². The highest BCUT2D eigenvalue weighted by molar-refractivity contribution is 7.78. The Morgan fingerprint density at radius 1 is 1.78 bits per heavy atom. The van der Waals surface area contributed by atoms with E-state index in [-0.39, 0.29) is 0 Å². The minimum Gasteiger partial charge on any atom is -0.505 e. The smallest absolute Gasteiger partial charge is 0.0785 e. The molecular formula is C6H9NOS. The van der Waals surface area contributed by atoms with Crippen LogP contribution in [-0.2, 0) is 4.74 Å². The number of hydrogen-bond donors (Lipinski definition) is 0. The van der Waals surface area contributed by atoms with Crippen molar-refractivity contribution in [1.29, 1.82) is 0 Å². The second-order valence-electron chi connectivity index (χ2n) is 1.37. The van der Waals surface area contributed by atoms with Crippen molar-refractivity contribution in [3.05, 3.63) is 12.3 Å². The Kier molecular flexibility index (Phi) is 6.80. The molecular weight excluding hydrogens is 134 g/mol. The fourth-order valence-corrected chi connectivity index (χ4v) is 0.440. The lowest BCUT2D eigenvalue weighted by Crippen LogP contribution is -1.74. The van der Waals surface area contributed by atoms with Crippen molar-refractivity contribution in [3.8, 4) is 0 Å². The number of methoxy groups -OCH3 is 1. The number of nitrogens with zero attached hydrogens (tertiary/aromatic N) is 1. The van der Waals surface area contributed by atoms with E-state index in [1.807, 2.05) is 6.08 Å². The van der Waals surface area contributed by atoms with E-state index in [0.717, 1.165) is 6.42 Å². The van der Waals surface area contributed by atoms with Gasteiger partial charge in [0.2, 0.25) is 0 Å². The van der Waals surface area contributed by atoms with Gasteiger partial charge in [0.05, 0.1) is 25.1 Å². The molecule has 0 rings (SSSR count). The number of isothiocyanates is 1. The van der Waals surface area contributed by atoms with Crippen LogP contribution in [0.15, 0.2) is 17.3 Å². The van der Waals surface area contributed by atoms with Gasteiger partial charge in [0.15, 0.2) is 0 Å². The normalized spacial score (nSPS) is 9.00. The molecule has 0 aromatic rings. The second kappa shape index (κ2) is 7.34. The van der Waals surface area contributed by atoms with Crippen LogP contribution < -0.4 is 0 Å². The number of aliphatic imine (C=N–C) groups is 1. The molecule has 0 aliphatic carbocycles. The summed E-state index contributed by atoms with van der Waals surface area (Å²) in [6.45, 7) is 0.698. The van der Waals surface area contributed by atoms with Crippen molar-refractivity contribution in [1.82, 2.24) is 0 Å². The molecule has 0 unspecified atom stereocenters. The largest absolute Gasteiger partial charge is 0.505 e. The summed E-state index contributed by atoms with van der Waals surface area (Å²) in [6, 6.07) is 0. The highest BCUT2D eigenvalue weighted by Gasteiger charge is 1.73. The van der Waals surface area contributed by atoms with Gasteiger partial charge in [0.25, 0.3) is 0 Å². The lowest BCUT2D eigenvalue weighted by molar-refractivity contribution is 0.336. The maximum Gasteiger partial charge on any atom is 0.0785 e. The van der Waals surface area contributed by atoms with Gasteiger partial charge in [0, 0.05) is 0 Å². The van der Waals surface area contributed by atoms with E-state index in [0.29, 0.717) is 6.54 Å². The Bertz CT molecular complexity index is 127. The van der Waals surface area contributed by atoms with Gasteiger partial charge in [0.1, 0.15) is 0 Å². The van der Waals surface area contributed by atoms with E-state index in [2.05, 4.69) is 27.1 Å². The van der Waals surface area contributed by atoms with E-state index < -0.39 is 0 Å². The summed E-state index contributed by atoms with van der Waals surface area (Å²) < 4.78 is 4.65. The third-order valence-corrected chi connectivity index (χ3v) is 0.834. The first-order valence-corrected chi connectivity index (χ1v) is 3.04. The van der Waals surface area contributed by atoms with Crippen LogP contribution in [0.3, 0.4) is 0 Å². The summed E-state index contributed by atoms with van der Waals surface area (Å²) in [7, 11) is 1.61. The molecule has 0 atom stereocenters. The Labute approximate surface area is 60.2 Å². The molecule has 2 nitrogen and oxygen atoms in total. The quantitative estimate of drug-likeness (QED) is 0.258. The molecule has 0 saturated carbocycles. The molecule has 0 aliphatic heterocycles. The van der Waals surface area contributed by atoms with Crippen molar-refractivity contribution in [2.75, 3.05) is 13.7 Å². The first kappa shape index (κ1) is 8.34. The summed E-state index contributed by atoms with van der Waals surface area (Å²) in [5, 5.41) is 2.28. The molecule has 0 aromatic heterocycles. The number of thiocarbonyl (C=S) groups is 1. The molecule has 0 bridgehead atoms. The monoisotopic (exact) mass is 143 g/mol. The molecule has 0 aliphatic rings. The molecule has 3 heteroatoms. The van der Waals surface area contributed by atoms with Gasteiger partial charge >= 0.3 is 0 Å². The predicted molar refractivity (Wildman–Crippen MR) is 40.7 cm³/mol. The van der Waals surface area contributed by atoms with E-state index in [9.17, 15) is 0 Å². The maximum absolute atomic E-state index is 4.65. The van der Waals surface area contributed by atoms with Gasteiger partial charge in [-0.15, -0.1) is 0 Å². The number of rotatable bonds is 4. The molecule has 0 N–H and O–H groups in total. The van der Waals surface area contributed by atoms with Crippen LogP contribution in [0, 0.1) is 0 Å². The maximum atomic E-state index is 4.65. The van der Waals surface area contributed by atoms with Crippen LogP contribution in [0.2, 0.25) is 0 Å². The summed E-state index contributed by atoms with van der Waals surface area (Å²) in [5.41, 5.74) is 0. The Balaban J connectivity index is 3.08. The fourth-order valence-electron chi connectivity index (χ4n) is 0.349. The van der Waals surface area contributed by atoms with Gasteiger partial charge in [-0.25, -0.2) is 4.99 Å². The van der Waals surface area contributed by atoms with Crippen LogP contribution in [-0.4, -0.2) is 18.8 Å². The lowest BCUT2D eigenvalue weighted by Gasteiger charge is -1.84. The zero-order valence-electron chi connectivity index (χ0n) is 5.33. The third kappa shape index (κ3) is 7.34. The summed E-state index contributed by atoms with van der Waals surface area (Å²) in [6.07, 6.45) is 4.37. The van der Waals surface area contributed by atoms with Crippen molar-refractivity contribution in [2.45, 2.75) is 6.42 Å².